The van der Waals surface area contributed by atoms with Crippen LogP contribution in [0.5, 0.6) is 0 Å². The summed E-state index contributed by atoms with van der Waals surface area (Å²) in [6.45, 7) is 1.94. The molecule has 1 amide bonds. The third kappa shape index (κ3) is 2.94. The Labute approximate surface area is 112 Å². The summed E-state index contributed by atoms with van der Waals surface area (Å²) in [5.74, 6) is -0.775. The van der Waals surface area contributed by atoms with E-state index in [4.69, 9.17) is 0 Å². The van der Waals surface area contributed by atoms with E-state index in [-0.39, 0.29) is 30.2 Å². The molecule has 1 heterocycles. The molecule has 0 bridgehead atoms. The van der Waals surface area contributed by atoms with Crippen molar-refractivity contribution >= 4 is 15.7 Å². The van der Waals surface area contributed by atoms with Gasteiger partial charge >= 0.3 is 0 Å². The van der Waals surface area contributed by atoms with Crippen molar-refractivity contribution in [1.29, 1.82) is 0 Å². The number of hydrogen-bond donors (Lipinski definition) is 0. The molecule has 1 aliphatic rings. The predicted molar refractivity (Wildman–Crippen MR) is 69.8 cm³/mol. The second-order valence-corrected chi connectivity index (χ2v) is 6.97. The first-order valence-corrected chi connectivity index (χ1v) is 7.85. The van der Waals surface area contributed by atoms with E-state index in [0.29, 0.717) is 6.54 Å². The lowest BCUT2D eigenvalue weighted by molar-refractivity contribution is -0.128. The van der Waals surface area contributed by atoms with Crippen LogP contribution in [0.25, 0.3) is 0 Å². The largest absolute Gasteiger partial charge is 0.342 e. The molecule has 1 aliphatic heterocycles. The van der Waals surface area contributed by atoms with E-state index in [1.54, 1.807) is 6.07 Å². The van der Waals surface area contributed by atoms with Gasteiger partial charge in [-0.3, -0.25) is 4.79 Å². The van der Waals surface area contributed by atoms with Gasteiger partial charge in [-0.05, 0) is 12.5 Å². The van der Waals surface area contributed by atoms with Crippen LogP contribution in [0.3, 0.4) is 0 Å². The number of hydrogen-bond acceptors (Lipinski definition) is 3. The van der Waals surface area contributed by atoms with Crippen molar-refractivity contribution in [2.45, 2.75) is 18.6 Å². The van der Waals surface area contributed by atoms with Crippen LogP contribution in [-0.2, 0) is 14.6 Å². The van der Waals surface area contributed by atoms with Gasteiger partial charge in [0.15, 0.2) is 9.84 Å². The normalized spacial score (nSPS) is 22.8. The first-order valence-electron chi connectivity index (χ1n) is 6.13. The highest BCUT2D eigenvalue weighted by molar-refractivity contribution is 7.91. The van der Waals surface area contributed by atoms with Gasteiger partial charge in [-0.25, -0.2) is 12.8 Å². The van der Waals surface area contributed by atoms with Crippen LogP contribution < -0.4 is 0 Å². The highest BCUT2D eigenvalue weighted by Crippen LogP contribution is 2.31. The Kier molecular flexibility index (Phi) is 3.89. The average molecular weight is 285 g/mol. The fraction of sp³-hybridized carbons (Fsp3) is 0.462. The van der Waals surface area contributed by atoms with Crippen LogP contribution >= 0.6 is 0 Å². The summed E-state index contributed by atoms with van der Waals surface area (Å²) in [7, 11) is -3.44. The van der Waals surface area contributed by atoms with Crippen LogP contribution in [0.2, 0.25) is 0 Å². The molecule has 0 aromatic heterocycles. The molecule has 0 radical (unpaired) electrons. The molecule has 1 atom stereocenters. The number of sulfone groups is 1. The van der Waals surface area contributed by atoms with Crippen molar-refractivity contribution in [2.24, 2.45) is 0 Å². The van der Waals surface area contributed by atoms with Crippen LogP contribution in [0.4, 0.5) is 4.39 Å². The molecular weight excluding hydrogens is 269 g/mol. The molecule has 0 aliphatic carbocycles. The van der Waals surface area contributed by atoms with Gasteiger partial charge in [-0.15, -0.1) is 0 Å². The molecule has 0 saturated carbocycles. The third-order valence-corrected chi connectivity index (χ3v) is 5.55. The minimum Gasteiger partial charge on any atom is -0.342 e. The first kappa shape index (κ1) is 14.0. The fourth-order valence-corrected chi connectivity index (χ4v) is 4.15. The van der Waals surface area contributed by atoms with Crippen LogP contribution in [0.1, 0.15) is 24.2 Å². The van der Waals surface area contributed by atoms with E-state index < -0.39 is 20.9 Å². The van der Waals surface area contributed by atoms with Crippen molar-refractivity contribution < 1.29 is 17.6 Å². The molecule has 1 fully saturated rings. The van der Waals surface area contributed by atoms with Gasteiger partial charge in [0, 0.05) is 25.6 Å². The smallest absolute Gasteiger partial charge is 0.219 e. The average Bonchev–Trinajstić information content (AvgIpc) is 2.49. The second-order valence-electron chi connectivity index (χ2n) is 4.67. The molecule has 4 nitrogen and oxygen atoms in total. The fourth-order valence-electron chi connectivity index (χ4n) is 2.34. The van der Waals surface area contributed by atoms with Crippen LogP contribution in [0.15, 0.2) is 24.3 Å². The Balaban J connectivity index is 2.35. The van der Waals surface area contributed by atoms with Crippen molar-refractivity contribution in [3.8, 4) is 0 Å². The maximum absolute atomic E-state index is 13.8. The highest BCUT2D eigenvalue weighted by Gasteiger charge is 2.33. The molecule has 2 rings (SSSR count). The lowest BCUT2D eigenvalue weighted by Gasteiger charge is -2.17. The van der Waals surface area contributed by atoms with Crippen LogP contribution in [-0.4, -0.2) is 38.1 Å². The maximum atomic E-state index is 13.8. The number of benzene rings is 1. The summed E-state index contributed by atoms with van der Waals surface area (Å²) >= 11 is 0. The SMILES string of the molecule is CC(=O)N1CCC(c2ccccc2F)S(=O)(=O)CC1. The number of rotatable bonds is 1. The van der Waals surface area contributed by atoms with Gasteiger partial charge in [0.1, 0.15) is 5.82 Å². The second kappa shape index (κ2) is 5.28. The van der Waals surface area contributed by atoms with Gasteiger partial charge in [-0.1, -0.05) is 18.2 Å². The lowest BCUT2D eigenvalue weighted by Crippen LogP contribution is -2.31. The van der Waals surface area contributed by atoms with E-state index in [1.807, 2.05) is 0 Å². The molecule has 0 N–H and O–H groups in total. The molecule has 1 saturated heterocycles. The van der Waals surface area contributed by atoms with Gasteiger partial charge in [0.25, 0.3) is 0 Å². The Hall–Kier alpha value is -1.43. The number of amides is 1. The quantitative estimate of drug-likeness (QED) is 0.786. The molecule has 104 valence electrons. The van der Waals surface area contributed by atoms with Crippen molar-refractivity contribution in [2.75, 3.05) is 18.8 Å². The van der Waals surface area contributed by atoms with E-state index in [0.717, 1.165) is 0 Å². The monoisotopic (exact) mass is 285 g/mol. The number of carbonyl (C=O) groups is 1. The Bertz CT molecular complexity index is 585. The third-order valence-electron chi connectivity index (χ3n) is 3.44. The molecule has 0 spiro atoms. The standard InChI is InChI=1S/C13H16FNO3S/c1-10(16)15-7-6-13(19(17,18)9-8-15)11-4-2-3-5-12(11)14/h2-5,13H,6-9H2,1H3. The molecule has 1 aromatic carbocycles. The maximum Gasteiger partial charge on any atom is 0.219 e. The number of nitrogens with zero attached hydrogens (tertiary/aromatic N) is 1. The molecule has 1 aromatic rings. The predicted octanol–water partition coefficient (Wildman–Crippen LogP) is 1.53. The Morgan fingerprint density at radius 2 is 2.00 bits per heavy atom. The number of halogens is 1. The van der Waals surface area contributed by atoms with Gasteiger partial charge in [0.2, 0.25) is 5.91 Å². The first-order chi connectivity index (χ1) is 8.92. The Morgan fingerprint density at radius 1 is 1.32 bits per heavy atom. The highest BCUT2D eigenvalue weighted by atomic mass is 32.2. The van der Waals surface area contributed by atoms with E-state index in [1.165, 1.54) is 30.0 Å². The summed E-state index contributed by atoms with van der Waals surface area (Å²) < 4.78 is 38.2. The molecular formula is C13H16FNO3S. The van der Waals surface area contributed by atoms with Crippen molar-refractivity contribution in [1.82, 2.24) is 4.90 Å². The summed E-state index contributed by atoms with van der Waals surface area (Å²) in [5, 5.41) is -0.863. The van der Waals surface area contributed by atoms with Crippen LogP contribution in [0, 0.1) is 5.82 Å². The summed E-state index contributed by atoms with van der Waals surface area (Å²) in [4.78, 5) is 12.8. The van der Waals surface area contributed by atoms with E-state index in [2.05, 4.69) is 0 Å². The van der Waals surface area contributed by atoms with Gasteiger partial charge in [0.05, 0.1) is 11.0 Å². The molecule has 1 unspecified atom stereocenters. The summed E-state index contributed by atoms with van der Waals surface area (Å²) in [6, 6.07) is 5.92. The minimum absolute atomic E-state index is 0.119. The molecule has 19 heavy (non-hydrogen) atoms. The lowest BCUT2D eigenvalue weighted by atomic mass is 10.1. The van der Waals surface area contributed by atoms with Gasteiger partial charge in [-0.2, -0.15) is 0 Å². The van der Waals surface area contributed by atoms with E-state index >= 15 is 0 Å². The van der Waals surface area contributed by atoms with E-state index in [9.17, 15) is 17.6 Å². The molecule has 6 heteroatoms. The Morgan fingerprint density at radius 3 is 2.63 bits per heavy atom. The summed E-state index contributed by atoms with van der Waals surface area (Å²) in [6.07, 6.45) is 0.239. The number of carbonyl (C=O) groups excluding carboxylic acids is 1. The van der Waals surface area contributed by atoms with Gasteiger partial charge < -0.3 is 4.90 Å². The minimum atomic E-state index is -3.44. The van der Waals surface area contributed by atoms with Crippen molar-refractivity contribution in [3.63, 3.8) is 0 Å². The zero-order valence-electron chi connectivity index (χ0n) is 10.7. The summed E-state index contributed by atoms with van der Waals surface area (Å²) in [5.41, 5.74) is 0.202. The van der Waals surface area contributed by atoms with Crippen molar-refractivity contribution in [3.05, 3.63) is 35.6 Å². The zero-order valence-corrected chi connectivity index (χ0v) is 11.5. The zero-order chi connectivity index (χ0) is 14.0. The topological polar surface area (TPSA) is 54.5 Å².